The third-order valence-electron chi connectivity index (χ3n) is 2.92. The first-order chi connectivity index (χ1) is 8.11. The molecule has 1 fully saturated rings. The second kappa shape index (κ2) is 4.58. The van der Waals surface area contributed by atoms with Gasteiger partial charge >= 0.3 is 5.97 Å². The Labute approximate surface area is 98.3 Å². The number of rotatable bonds is 3. The van der Waals surface area contributed by atoms with Gasteiger partial charge in [0, 0.05) is 18.7 Å². The monoisotopic (exact) mass is 235 g/mol. The van der Waals surface area contributed by atoms with Crippen LogP contribution in [0.5, 0.6) is 0 Å². The summed E-state index contributed by atoms with van der Waals surface area (Å²) < 4.78 is 0. The number of aromatic nitrogens is 2. The van der Waals surface area contributed by atoms with E-state index in [1.54, 1.807) is 0 Å². The van der Waals surface area contributed by atoms with Crippen molar-refractivity contribution in [1.29, 1.82) is 0 Å². The lowest BCUT2D eigenvalue weighted by Gasteiger charge is -2.10. The van der Waals surface area contributed by atoms with E-state index in [4.69, 9.17) is 5.11 Å². The van der Waals surface area contributed by atoms with Crippen molar-refractivity contribution in [2.45, 2.75) is 12.3 Å². The van der Waals surface area contributed by atoms with Crippen LogP contribution in [0.15, 0.2) is 6.20 Å². The Morgan fingerprint density at radius 1 is 1.65 bits per heavy atom. The lowest BCUT2D eigenvalue weighted by Crippen LogP contribution is -2.16. The molecule has 1 N–H and O–H groups in total. The highest BCUT2D eigenvalue weighted by Crippen LogP contribution is 2.23. The zero-order valence-corrected chi connectivity index (χ0v) is 9.46. The Hall–Kier alpha value is -1.82. The molecule has 6 nitrogen and oxygen atoms in total. The first-order valence-corrected chi connectivity index (χ1v) is 5.35. The number of nitrogens with zero attached hydrogens (tertiary/aromatic N) is 3. The van der Waals surface area contributed by atoms with Gasteiger partial charge in [0.05, 0.1) is 5.56 Å². The zero-order valence-electron chi connectivity index (χ0n) is 9.46. The van der Waals surface area contributed by atoms with Crippen LogP contribution in [-0.4, -0.2) is 52.4 Å². The van der Waals surface area contributed by atoms with Crippen LogP contribution in [0.3, 0.4) is 0 Å². The normalized spacial score (nSPS) is 20.4. The number of carboxylic acids is 1. The Morgan fingerprint density at radius 3 is 2.94 bits per heavy atom. The van der Waals surface area contributed by atoms with Crippen molar-refractivity contribution in [2.75, 3.05) is 20.1 Å². The predicted octanol–water partition coefficient (Wildman–Crippen LogP) is 0.406. The lowest BCUT2D eigenvalue weighted by molar-refractivity contribution is 0.0686. The maximum atomic E-state index is 11.0. The minimum Gasteiger partial charge on any atom is -0.476 e. The largest absolute Gasteiger partial charge is 0.476 e. The maximum absolute atomic E-state index is 11.0. The Morgan fingerprint density at radius 2 is 2.41 bits per heavy atom. The van der Waals surface area contributed by atoms with Gasteiger partial charge in [-0.15, -0.1) is 0 Å². The van der Waals surface area contributed by atoms with Crippen LogP contribution in [0.25, 0.3) is 0 Å². The summed E-state index contributed by atoms with van der Waals surface area (Å²) in [4.78, 5) is 31.8. The average molecular weight is 235 g/mol. The number of carboxylic acid groups (broad SMARTS) is 1. The van der Waals surface area contributed by atoms with Crippen LogP contribution in [0.1, 0.15) is 39.0 Å². The van der Waals surface area contributed by atoms with Gasteiger partial charge in [0.15, 0.2) is 12.0 Å². The van der Waals surface area contributed by atoms with E-state index in [0.717, 1.165) is 19.5 Å². The number of aldehydes is 1. The van der Waals surface area contributed by atoms with Crippen molar-refractivity contribution >= 4 is 12.3 Å². The fourth-order valence-corrected chi connectivity index (χ4v) is 2.00. The predicted molar refractivity (Wildman–Crippen MR) is 59.2 cm³/mol. The Balaban J connectivity index is 2.33. The summed E-state index contributed by atoms with van der Waals surface area (Å²) in [6, 6.07) is 0. The van der Waals surface area contributed by atoms with Crippen LogP contribution >= 0.6 is 0 Å². The highest BCUT2D eigenvalue weighted by molar-refractivity contribution is 5.94. The summed E-state index contributed by atoms with van der Waals surface area (Å²) >= 11 is 0. The second-order valence-electron chi connectivity index (χ2n) is 4.20. The quantitative estimate of drug-likeness (QED) is 0.764. The van der Waals surface area contributed by atoms with E-state index in [1.807, 2.05) is 7.05 Å². The molecule has 0 aliphatic carbocycles. The molecule has 2 rings (SSSR count). The molecular weight excluding hydrogens is 222 g/mol. The number of hydrogen-bond donors (Lipinski definition) is 1. The summed E-state index contributed by atoms with van der Waals surface area (Å²) in [6.07, 6.45) is 2.67. The molecule has 2 heterocycles. The molecule has 0 aromatic carbocycles. The molecule has 1 aromatic heterocycles. The summed E-state index contributed by atoms with van der Waals surface area (Å²) in [5, 5.41) is 8.96. The molecule has 17 heavy (non-hydrogen) atoms. The van der Waals surface area contributed by atoms with Crippen molar-refractivity contribution in [2.24, 2.45) is 0 Å². The fraction of sp³-hybridized carbons (Fsp3) is 0.455. The van der Waals surface area contributed by atoms with Crippen LogP contribution in [0, 0.1) is 0 Å². The third kappa shape index (κ3) is 2.31. The highest BCUT2D eigenvalue weighted by atomic mass is 16.4. The maximum Gasteiger partial charge on any atom is 0.355 e. The van der Waals surface area contributed by atoms with E-state index >= 15 is 0 Å². The number of likely N-dealkylation sites (tertiary alicyclic amines) is 1. The first kappa shape index (κ1) is 11.7. The van der Waals surface area contributed by atoms with Crippen molar-refractivity contribution in [1.82, 2.24) is 14.9 Å². The zero-order chi connectivity index (χ0) is 12.4. The van der Waals surface area contributed by atoms with Crippen molar-refractivity contribution in [3.63, 3.8) is 0 Å². The average Bonchev–Trinajstić information content (AvgIpc) is 2.75. The molecule has 1 aromatic rings. The smallest absolute Gasteiger partial charge is 0.355 e. The van der Waals surface area contributed by atoms with Crippen molar-refractivity contribution in [3.05, 3.63) is 23.3 Å². The Bertz CT molecular complexity index is 461. The SMILES string of the molecule is CN1CCC(c2ncc(C=O)c(C(=O)O)n2)C1. The molecular formula is C11H13N3O3. The molecule has 1 atom stereocenters. The van der Waals surface area contributed by atoms with Gasteiger partial charge in [0.2, 0.25) is 0 Å². The standard InChI is InChI=1S/C11H13N3O3/c1-14-3-2-7(5-14)10-12-4-8(6-15)9(13-10)11(16)17/h4,6-7H,2-3,5H2,1H3,(H,16,17). The summed E-state index contributed by atoms with van der Waals surface area (Å²) in [7, 11) is 2.00. The van der Waals surface area contributed by atoms with Gasteiger partial charge in [-0.3, -0.25) is 4.79 Å². The third-order valence-corrected chi connectivity index (χ3v) is 2.92. The molecule has 0 radical (unpaired) electrons. The van der Waals surface area contributed by atoms with Crippen molar-refractivity contribution < 1.29 is 14.7 Å². The summed E-state index contributed by atoms with van der Waals surface area (Å²) in [5.74, 6) is -0.529. The number of aromatic carboxylic acids is 1. The highest BCUT2D eigenvalue weighted by Gasteiger charge is 2.25. The molecule has 90 valence electrons. The summed E-state index contributed by atoms with van der Waals surface area (Å²) in [6.45, 7) is 1.77. The molecule has 6 heteroatoms. The van der Waals surface area contributed by atoms with Gasteiger partial charge < -0.3 is 10.0 Å². The molecule has 1 saturated heterocycles. The van der Waals surface area contributed by atoms with Gasteiger partial charge in [-0.25, -0.2) is 14.8 Å². The first-order valence-electron chi connectivity index (χ1n) is 5.35. The molecule has 0 bridgehead atoms. The van der Waals surface area contributed by atoms with Gasteiger partial charge in [-0.05, 0) is 20.0 Å². The van der Waals surface area contributed by atoms with E-state index in [1.165, 1.54) is 6.20 Å². The molecule has 0 spiro atoms. The summed E-state index contributed by atoms with van der Waals surface area (Å²) in [5.41, 5.74) is -0.188. The minimum atomic E-state index is -1.19. The van der Waals surface area contributed by atoms with Gasteiger partial charge in [0.1, 0.15) is 5.82 Å². The van der Waals surface area contributed by atoms with E-state index in [0.29, 0.717) is 12.1 Å². The number of hydrogen-bond acceptors (Lipinski definition) is 5. The molecule has 1 unspecified atom stereocenters. The second-order valence-corrected chi connectivity index (χ2v) is 4.20. The molecule has 1 aliphatic rings. The fourth-order valence-electron chi connectivity index (χ4n) is 2.00. The van der Waals surface area contributed by atoms with Gasteiger partial charge in [0.25, 0.3) is 0 Å². The van der Waals surface area contributed by atoms with Crippen LogP contribution in [0.4, 0.5) is 0 Å². The van der Waals surface area contributed by atoms with Crippen molar-refractivity contribution in [3.8, 4) is 0 Å². The van der Waals surface area contributed by atoms with Crippen LogP contribution in [0.2, 0.25) is 0 Å². The molecule has 0 saturated carbocycles. The van der Waals surface area contributed by atoms with Gasteiger partial charge in [-0.2, -0.15) is 0 Å². The van der Waals surface area contributed by atoms with E-state index in [-0.39, 0.29) is 17.2 Å². The topological polar surface area (TPSA) is 83.4 Å². The number of carbonyl (C=O) groups is 2. The van der Waals surface area contributed by atoms with E-state index in [2.05, 4.69) is 14.9 Å². The molecule has 1 aliphatic heterocycles. The van der Waals surface area contributed by atoms with Gasteiger partial charge in [-0.1, -0.05) is 0 Å². The number of carbonyl (C=O) groups excluding carboxylic acids is 1. The minimum absolute atomic E-state index is 0.0209. The van der Waals surface area contributed by atoms with E-state index in [9.17, 15) is 9.59 Å². The molecule has 0 amide bonds. The van der Waals surface area contributed by atoms with E-state index < -0.39 is 5.97 Å². The number of likely N-dealkylation sites (N-methyl/N-ethyl adjacent to an activating group) is 1. The van der Waals surface area contributed by atoms with Crippen LogP contribution in [-0.2, 0) is 0 Å². The Kier molecular flexibility index (Phi) is 3.14. The van der Waals surface area contributed by atoms with Crippen LogP contribution < -0.4 is 0 Å². The lowest BCUT2D eigenvalue weighted by atomic mass is 10.1.